The standard InChI is InChI=1S/C27H32N2O8.C20H25NO9.C11H12N2O2/c1-18(11-12-35-14-13-34-2)26(32)37-21-9-7-19(8-10-21)17-36-27(33)29-24(25(30)31)15-20-16-28-23-6-4-3-5-22(20)23;1-14(9-10-27-12-11-26-2)19(24)29-16-5-3-15(4-6-16)13-28-20(25)30-21-17(22)7-8-18(21)23;12-9(11(14)15)5-7-6-13-10-4-2-1-3-8(7)10/h3-10,16,18,24,28H,11-15,17H2,1-2H3,(H,29,33)(H,30,31);3-6,14H,7-13H2,1-2H3;1-4,6,9,13H,5,12H2,(H,14,15). The number of aromatic amines is 2. The summed E-state index contributed by atoms with van der Waals surface area (Å²) in [5, 5.41) is 23.0. The number of hydrogen-bond donors (Lipinski definition) is 6. The van der Waals surface area contributed by atoms with Crippen LogP contribution in [0.1, 0.15) is 61.8 Å². The Morgan fingerprint density at radius 2 is 1.05 bits per heavy atom. The topological polar surface area (TPSA) is 333 Å². The van der Waals surface area contributed by atoms with E-state index in [9.17, 15) is 43.5 Å². The van der Waals surface area contributed by atoms with Crippen LogP contribution in [0.2, 0.25) is 0 Å². The van der Waals surface area contributed by atoms with Crippen molar-refractivity contribution in [1.82, 2.24) is 20.3 Å². The molecule has 1 aliphatic rings. The molecule has 0 aliphatic carbocycles. The maximum Gasteiger partial charge on any atom is 0.534 e. The molecule has 1 saturated heterocycles. The number of carbonyl (C=O) groups is 8. The van der Waals surface area contributed by atoms with Crippen LogP contribution in [-0.4, -0.2) is 139 Å². The van der Waals surface area contributed by atoms with Crippen molar-refractivity contribution >= 4 is 69.7 Å². The Morgan fingerprint density at radius 3 is 1.50 bits per heavy atom. The zero-order valence-electron chi connectivity index (χ0n) is 46.0. The minimum absolute atomic E-state index is 0.00571. The van der Waals surface area contributed by atoms with Gasteiger partial charge in [0.1, 0.15) is 36.8 Å². The van der Waals surface area contributed by atoms with Crippen LogP contribution in [0, 0.1) is 11.8 Å². The number of benzene rings is 4. The zero-order chi connectivity index (χ0) is 59.4. The first-order valence-corrected chi connectivity index (χ1v) is 26.2. The average molecular weight is 1140 g/mol. The van der Waals surface area contributed by atoms with E-state index in [4.69, 9.17) is 48.7 Å². The molecule has 1 fully saturated rings. The molecule has 6 aromatic rings. The van der Waals surface area contributed by atoms with Crippen molar-refractivity contribution in [2.24, 2.45) is 17.6 Å². The second-order valence-corrected chi connectivity index (χ2v) is 18.6. The van der Waals surface area contributed by atoms with E-state index in [1.807, 2.05) is 54.7 Å². The number of ether oxygens (including phenoxy) is 8. The smallest absolute Gasteiger partial charge is 0.480 e. The molecule has 82 heavy (non-hydrogen) atoms. The molecule has 0 radical (unpaired) electrons. The fourth-order valence-corrected chi connectivity index (χ4v) is 7.56. The summed E-state index contributed by atoms with van der Waals surface area (Å²) >= 11 is 0. The number of carboxylic acids is 2. The number of hydrogen-bond acceptors (Lipinski definition) is 18. The summed E-state index contributed by atoms with van der Waals surface area (Å²) in [6, 6.07) is 26.2. The lowest BCUT2D eigenvalue weighted by Gasteiger charge is -2.14. The number of carboxylic acid groups (broad SMARTS) is 2. The van der Waals surface area contributed by atoms with Gasteiger partial charge in [-0.3, -0.25) is 28.8 Å². The van der Waals surface area contributed by atoms with Crippen molar-refractivity contribution in [3.05, 3.63) is 132 Å². The van der Waals surface area contributed by atoms with E-state index in [0.717, 1.165) is 32.9 Å². The normalized spacial score (nSPS) is 13.4. The van der Waals surface area contributed by atoms with Gasteiger partial charge in [0, 0.05) is 87.3 Å². The van der Waals surface area contributed by atoms with E-state index >= 15 is 0 Å². The monoisotopic (exact) mass is 1140 g/mol. The van der Waals surface area contributed by atoms with Crippen molar-refractivity contribution in [3.8, 4) is 11.5 Å². The number of carbonyl (C=O) groups excluding carboxylic acids is 6. The maximum atomic E-state index is 12.3. The number of hydroxylamine groups is 2. The van der Waals surface area contributed by atoms with E-state index in [0.29, 0.717) is 86.6 Å². The fraction of sp³-hybridized carbons (Fsp3) is 0.379. The van der Waals surface area contributed by atoms with Crippen LogP contribution in [0.5, 0.6) is 11.5 Å². The van der Waals surface area contributed by atoms with Crippen molar-refractivity contribution in [2.45, 2.75) is 77.7 Å². The van der Waals surface area contributed by atoms with Gasteiger partial charge in [0.15, 0.2) is 0 Å². The summed E-state index contributed by atoms with van der Waals surface area (Å²) in [5.74, 6) is -3.99. The average Bonchev–Trinajstić information content (AvgIpc) is 4.28. The molecular formula is C58H69N5O19. The van der Waals surface area contributed by atoms with Crippen LogP contribution in [0.4, 0.5) is 9.59 Å². The minimum atomic E-state index is -1.16. The van der Waals surface area contributed by atoms with Crippen LogP contribution in [0.25, 0.3) is 21.8 Å². The summed E-state index contributed by atoms with van der Waals surface area (Å²) in [5.41, 5.74) is 10.4. The van der Waals surface area contributed by atoms with Gasteiger partial charge in [-0.15, -0.1) is 0 Å². The molecule has 7 N–H and O–H groups in total. The highest BCUT2D eigenvalue weighted by atomic mass is 16.8. The predicted octanol–water partition coefficient (Wildman–Crippen LogP) is 6.81. The first-order valence-electron chi connectivity index (χ1n) is 26.2. The van der Waals surface area contributed by atoms with Crippen LogP contribution in [0.3, 0.4) is 0 Å². The molecule has 7 rings (SSSR count). The Labute approximate surface area is 472 Å². The Balaban J connectivity index is 0.000000244. The number of nitrogens with one attached hydrogen (secondary N) is 3. The van der Waals surface area contributed by atoms with E-state index < -0.39 is 48.1 Å². The Hall–Kier alpha value is -8.68. The summed E-state index contributed by atoms with van der Waals surface area (Å²) in [7, 11) is 3.18. The number of nitrogens with zero attached hydrogens (tertiary/aromatic N) is 1. The number of esters is 2. The Morgan fingerprint density at radius 1 is 0.598 bits per heavy atom. The molecule has 440 valence electrons. The summed E-state index contributed by atoms with van der Waals surface area (Å²) in [6.07, 6.45) is 3.07. The second-order valence-electron chi connectivity index (χ2n) is 18.6. The molecule has 0 saturated carbocycles. The highest BCUT2D eigenvalue weighted by Crippen LogP contribution is 2.22. The molecule has 24 nitrogen and oxygen atoms in total. The summed E-state index contributed by atoms with van der Waals surface area (Å²) in [6.45, 7) is 6.12. The summed E-state index contributed by atoms with van der Waals surface area (Å²) < 4.78 is 41.3. The first kappa shape index (κ1) is 64.1. The molecule has 2 aromatic heterocycles. The number of fused-ring (bicyclic) bond motifs is 2. The maximum absolute atomic E-state index is 12.3. The number of aliphatic carboxylic acids is 2. The zero-order valence-corrected chi connectivity index (χ0v) is 46.0. The van der Waals surface area contributed by atoms with Crippen molar-refractivity contribution in [2.75, 3.05) is 53.9 Å². The third kappa shape index (κ3) is 21.4. The molecule has 4 atom stereocenters. The number of H-pyrrole nitrogens is 2. The van der Waals surface area contributed by atoms with Gasteiger partial charge >= 0.3 is 36.1 Å². The molecule has 1 aliphatic heterocycles. The number of alkyl carbamates (subject to hydrolysis) is 1. The second kappa shape index (κ2) is 33.8. The quantitative estimate of drug-likeness (QED) is 0.0127. The van der Waals surface area contributed by atoms with Gasteiger partial charge in [0.2, 0.25) is 0 Å². The van der Waals surface area contributed by atoms with Gasteiger partial charge in [0.25, 0.3) is 11.8 Å². The minimum Gasteiger partial charge on any atom is -0.480 e. The number of methoxy groups -OCH3 is 2. The van der Waals surface area contributed by atoms with E-state index in [1.165, 1.54) is 0 Å². The van der Waals surface area contributed by atoms with Crippen LogP contribution < -0.4 is 20.5 Å². The molecule has 0 spiro atoms. The van der Waals surface area contributed by atoms with Crippen LogP contribution in [0.15, 0.2) is 109 Å². The number of imide groups is 1. The van der Waals surface area contributed by atoms with Gasteiger partial charge in [-0.1, -0.05) is 79.6 Å². The number of para-hydroxylation sites is 2. The Kier molecular flexibility index (Phi) is 26.4. The highest BCUT2D eigenvalue weighted by Gasteiger charge is 2.33. The lowest BCUT2D eigenvalue weighted by Crippen LogP contribution is -2.42. The molecule has 0 bridgehead atoms. The van der Waals surface area contributed by atoms with Crippen molar-refractivity contribution in [3.63, 3.8) is 0 Å². The van der Waals surface area contributed by atoms with Gasteiger partial charge in [-0.25, -0.2) is 14.4 Å². The third-order valence-electron chi connectivity index (χ3n) is 12.4. The van der Waals surface area contributed by atoms with Gasteiger partial charge in [0.05, 0.1) is 38.3 Å². The number of rotatable bonds is 28. The number of aromatic nitrogens is 2. The molecule has 4 unspecified atom stereocenters. The van der Waals surface area contributed by atoms with Crippen molar-refractivity contribution in [1.29, 1.82) is 0 Å². The largest absolute Gasteiger partial charge is 0.534 e. The SMILES string of the molecule is COCCOCCC(C)C(=O)Oc1ccc(COC(=O)NC(Cc2c[nH]c3ccccc23)C(=O)O)cc1.COCCOCCC(C)C(=O)Oc1ccc(COC(=O)ON2C(=O)CCC2=O)cc1.NC(Cc1c[nH]c2ccccc12)C(=O)O. The highest BCUT2D eigenvalue weighted by molar-refractivity contribution is 6.01. The number of nitrogens with two attached hydrogens (primary N) is 1. The Bertz CT molecular complexity index is 3020. The lowest BCUT2D eigenvalue weighted by atomic mass is 10.1. The predicted molar refractivity (Wildman–Crippen MR) is 294 cm³/mol. The van der Waals surface area contributed by atoms with Gasteiger partial charge < -0.3 is 69.1 Å². The fourth-order valence-electron chi connectivity index (χ4n) is 7.56. The third-order valence-corrected chi connectivity index (χ3v) is 12.4. The van der Waals surface area contributed by atoms with E-state index in [-0.39, 0.29) is 56.3 Å². The van der Waals surface area contributed by atoms with Crippen LogP contribution in [-0.2, 0) is 88.1 Å². The first-order chi connectivity index (χ1) is 39.5. The molecule has 4 aromatic carbocycles. The molecule has 3 amide bonds. The summed E-state index contributed by atoms with van der Waals surface area (Å²) in [4.78, 5) is 104. The molecule has 3 heterocycles. The van der Waals surface area contributed by atoms with Gasteiger partial charge in [-0.2, -0.15) is 0 Å². The number of amides is 3. The molecule has 24 heteroatoms. The molecular weight excluding hydrogens is 1070 g/mol. The lowest BCUT2D eigenvalue weighted by molar-refractivity contribution is -0.177. The van der Waals surface area contributed by atoms with Crippen LogP contribution >= 0.6 is 0 Å². The van der Waals surface area contributed by atoms with Gasteiger partial charge in [-0.05, 0) is 71.5 Å². The van der Waals surface area contributed by atoms with Crippen molar-refractivity contribution < 1.29 is 91.3 Å². The van der Waals surface area contributed by atoms with E-state index in [1.54, 1.807) is 82.8 Å². The van der Waals surface area contributed by atoms with E-state index in [2.05, 4.69) is 20.1 Å².